The van der Waals surface area contributed by atoms with Gasteiger partial charge in [-0.25, -0.2) is 9.78 Å². The summed E-state index contributed by atoms with van der Waals surface area (Å²) in [6.07, 6.45) is 0.565. The van der Waals surface area contributed by atoms with Crippen LogP contribution in [0, 0.1) is 6.92 Å². The van der Waals surface area contributed by atoms with Gasteiger partial charge in [-0.1, -0.05) is 18.2 Å². The lowest BCUT2D eigenvalue weighted by Gasteiger charge is -2.06. The molecule has 7 heteroatoms. The van der Waals surface area contributed by atoms with Crippen molar-refractivity contribution in [3.8, 4) is 11.5 Å². The van der Waals surface area contributed by atoms with E-state index in [4.69, 9.17) is 10.2 Å². The summed E-state index contributed by atoms with van der Waals surface area (Å²) in [5.41, 5.74) is 7.81. The second-order valence-electron chi connectivity index (χ2n) is 5.96. The molecule has 3 aromatic rings. The Morgan fingerprint density at radius 2 is 1.78 bits per heavy atom. The van der Waals surface area contributed by atoms with Crippen LogP contribution < -0.4 is 16.4 Å². The lowest BCUT2D eigenvalue weighted by Crippen LogP contribution is -2.26. The molecule has 0 aliphatic rings. The predicted octanol–water partition coefficient (Wildman–Crippen LogP) is 3.11. The van der Waals surface area contributed by atoms with Crippen molar-refractivity contribution in [2.45, 2.75) is 13.3 Å². The van der Waals surface area contributed by atoms with Gasteiger partial charge < -0.3 is 20.8 Å². The molecule has 0 atom stereocenters. The summed E-state index contributed by atoms with van der Waals surface area (Å²) in [6.45, 7) is 2.29. The van der Waals surface area contributed by atoms with Crippen LogP contribution in [-0.2, 0) is 6.42 Å². The molecule has 0 aliphatic heterocycles. The molecule has 27 heavy (non-hydrogen) atoms. The predicted molar refractivity (Wildman–Crippen MR) is 102 cm³/mol. The van der Waals surface area contributed by atoms with Crippen molar-refractivity contribution in [3.05, 3.63) is 71.6 Å². The molecule has 2 aromatic carbocycles. The van der Waals surface area contributed by atoms with E-state index in [0.29, 0.717) is 30.1 Å². The normalized spacial score (nSPS) is 10.4. The minimum Gasteiger partial charge on any atom is -0.441 e. The van der Waals surface area contributed by atoms with Crippen molar-refractivity contribution in [1.82, 2.24) is 10.3 Å². The van der Waals surface area contributed by atoms with Crippen LogP contribution in [0.2, 0.25) is 0 Å². The van der Waals surface area contributed by atoms with Gasteiger partial charge in [0.15, 0.2) is 0 Å². The third kappa shape index (κ3) is 4.72. The lowest BCUT2D eigenvalue weighted by atomic mass is 10.2. The van der Waals surface area contributed by atoms with Crippen LogP contribution in [0.3, 0.4) is 0 Å². The number of oxazole rings is 1. The minimum atomic E-state index is -0.648. The summed E-state index contributed by atoms with van der Waals surface area (Å²) >= 11 is 0. The average Bonchev–Trinajstić information content (AvgIpc) is 3.03. The molecule has 0 radical (unpaired) electrons. The lowest BCUT2D eigenvalue weighted by molar-refractivity contribution is 0.0954. The van der Waals surface area contributed by atoms with E-state index < -0.39 is 6.03 Å². The highest BCUT2D eigenvalue weighted by Crippen LogP contribution is 2.21. The number of rotatable bonds is 6. The third-order valence-electron chi connectivity index (χ3n) is 3.98. The SMILES string of the molecule is Cc1oc(-c2ccccc2)nc1CCNC(=O)c1ccc(NC(N)=O)cc1. The van der Waals surface area contributed by atoms with Gasteiger partial charge >= 0.3 is 6.03 Å². The number of benzene rings is 2. The summed E-state index contributed by atoms with van der Waals surface area (Å²) in [5, 5.41) is 5.30. The Balaban J connectivity index is 1.56. The maximum absolute atomic E-state index is 12.2. The van der Waals surface area contributed by atoms with Crippen molar-refractivity contribution in [2.75, 3.05) is 11.9 Å². The zero-order valence-electron chi connectivity index (χ0n) is 14.9. The van der Waals surface area contributed by atoms with E-state index >= 15 is 0 Å². The Morgan fingerprint density at radius 1 is 1.07 bits per heavy atom. The fourth-order valence-electron chi connectivity index (χ4n) is 2.61. The van der Waals surface area contributed by atoms with Gasteiger partial charge in [0.1, 0.15) is 5.76 Å². The molecule has 0 bridgehead atoms. The second kappa shape index (κ2) is 8.18. The molecule has 4 N–H and O–H groups in total. The van der Waals surface area contributed by atoms with Crippen LogP contribution in [0.4, 0.5) is 10.5 Å². The van der Waals surface area contributed by atoms with Crippen LogP contribution in [0.1, 0.15) is 21.8 Å². The quantitative estimate of drug-likeness (QED) is 0.624. The monoisotopic (exact) mass is 364 g/mol. The molecule has 7 nitrogen and oxygen atoms in total. The molecule has 0 saturated carbocycles. The molecule has 0 unspecified atom stereocenters. The number of aromatic nitrogens is 1. The van der Waals surface area contributed by atoms with E-state index in [-0.39, 0.29) is 5.91 Å². The van der Waals surface area contributed by atoms with Gasteiger partial charge in [0, 0.05) is 29.8 Å². The van der Waals surface area contributed by atoms with Crippen LogP contribution >= 0.6 is 0 Å². The number of nitrogens with one attached hydrogen (secondary N) is 2. The zero-order valence-corrected chi connectivity index (χ0v) is 14.9. The number of anilines is 1. The Morgan fingerprint density at radius 3 is 2.44 bits per heavy atom. The maximum Gasteiger partial charge on any atom is 0.316 e. The summed E-state index contributed by atoms with van der Waals surface area (Å²) in [4.78, 5) is 27.5. The molecule has 0 aliphatic carbocycles. The average molecular weight is 364 g/mol. The second-order valence-corrected chi connectivity index (χ2v) is 5.96. The summed E-state index contributed by atoms with van der Waals surface area (Å²) in [6, 6.07) is 15.5. The molecule has 1 heterocycles. The maximum atomic E-state index is 12.2. The van der Waals surface area contributed by atoms with Crippen molar-refractivity contribution in [1.29, 1.82) is 0 Å². The first-order chi connectivity index (χ1) is 13.0. The van der Waals surface area contributed by atoms with Gasteiger partial charge in [0.05, 0.1) is 5.69 Å². The smallest absolute Gasteiger partial charge is 0.316 e. The highest BCUT2D eigenvalue weighted by molar-refractivity contribution is 5.95. The molecule has 3 amide bonds. The number of hydrogen-bond acceptors (Lipinski definition) is 4. The van der Waals surface area contributed by atoms with Gasteiger partial charge in [0.2, 0.25) is 5.89 Å². The number of nitrogens with two attached hydrogens (primary N) is 1. The first kappa shape index (κ1) is 18.2. The number of urea groups is 1. The fourth-order valence-corrected chi connectivity index (χ4v) is 2.61. The standard InChI is InChI=1S/C20H20N4O3/c1-13-17(24-19(27-13)15-5-3-2-4-6-15)11-12-22-18(25)14-7-9-16(10-8-14)23-20(21)26/h2-10H,11-12H2,1H3,(H,22,25)(H3,21,23,26). The van der Waals surface area contributed by atoms with Crippen molar-refractivity contribution in [3.63, 3.8) is 0 Å². The Hall–Kier alpha value is -3.61. The first-order valence-corrected chi connectivity index (χ1v) is 8.49. The molecule has 0 spiro atoms. The Bertz CT molecular complexity index is 934. The van der Waals surface area contributed by atoms with E-state index in [1.54, 1.807) is 24.3 Å². The van der Waals surface area contributed by atoms with Crippen molar-refractivity contribution < 1.29 is 14.0 Å². The van der Waals surface area contributed by atoms with E-state index in [0.717, 1.165) is 17.0 Å². The van der Waals surface area contributed by atoms with Gasteiger partial charge in [-0.05, 0) is 43.3 Å². The molecule has 1 aromatic heterocycles. The van der Waals surface area contributed by atoms with Crippen LogP contribution in [0.25, 0.3) is 11.5 Å². The Labute approximate surface area is 156 Å². The molecule has 3 rings (SSSR count). The van der Waals surface area contributed by atoms with E-state index in [2.05, 4.69) is 15.6 Å². The molecule has 0 fully saturated rings. The highest BCUT2D eigenvalue weighted by Gasteiger charge is 2.12. The van der Waals surface area contributed by atoms with Crippen molar-refractivity contribution >= 4 is 17.6 Å². The Kier molecular flexibility index (Phi) is 5.51. The van der Waals surface area contributed by atoms with Crippen LogP contribution in [0.15, 0.2) is 59.0 Å². The summed E-state index contributed by atoms with van der Waals surface area (Å²) < 4.78 is 5.72. The topological polar surface area (TPSA) is 110 Å². The molecular weight excluding hydrogens is 344 g/mol. The van der Waals surface area contributed by atoms with Crippen LogP contribution in [-0.4, -0.2) is 23.5 Å². The molecular formula is C20H20N4O3. The van der Waals surface area contributed by atoms with E-state index in [9.17, 15) is 9.59 Å². The third-order valence-corrected chi connectivity index (χ3v) is 3.98. The van der Waals surface area contributed by atoms with E-state index in [1.165, 1.54) is 0 Å². The van der Waals surface area contributed by atoms with E-state index in [1.807, 2.05) is 37.3 Å². The summed E-state index contributed by atoms with van der Waals surface area (Å²) in [5.74, 6) is 1.11. The molecule has 138 valence electrons. The number of carbonyl (C=O) groups excluding carboxylic acids is 2. The summed E-state index contributed by atoms with van der Waals surface area (Å²) in [7, 11) is 0. The van der Waals surface area contributed by atoms with Gasteiger partial charge in [-0.2, -0.15) is 0 Å². The van der Waals surface area contributed by atoms with Gasteiger partial charge in [-0.3, -0.25) is 4.79 Å². The van der Waals surface area contributed by atoms with Gasteiger partial charge in [0.25, 0.3) is 5.91 Å². The molecule has 0 saturated heterocycles. The first-order valence-electron chi connectivity index (χ1n) is 8.49. The number of primary amides is 1. The number of amides is 3. The largest absolute Gasteiger partial charge is 0.441 e. The number of nitrogens with zero attached hydrogens (tertiary/aromatic N) is 1. The van der Waals surface area contributed by atoms with Crippen molar-refractivity contribution in [2.24, 2.45) is 5.73 Å². The zero-order chi connectivity index (χ0) is 19.2. The van der Waals surface area contributed by atoms with Crippen LogP contribution in [0.5, 0.6) is 0 Å². The highest BCUT2D eigenvalue weighted by atomic mass is 16.4. The number of aryl methyl sites for hydroxylation is 1. The fraction of sp³-hybridized carbons (Fsp3) is 0.150. The number of hydrogen-bond donors (Lipinski definition) is 3. The van der Waals surface area contributed by atoms with Gasteiger partial charge in [-0.15, -0.1) is 0 Å². The number of carbonyl (C=O) groups is 2. The minimum absolute atomic E-state index is 0.204.